The summed E-state index contributed by atoms with van der Waals surface area (Å²) in [5.41, 5.74) is 0.0839. The highest BCUT2D eigenvalue weighted by molar-refractivity contribution is 5.94. The topological polar surface area (TPSA) is 71.9 Å². The monoisotopic (exact) mass is 424 g/mol. The third kappa shape index (κ3) is 6.48. The molecule has 1 unspecified atom stereocenters. The highest BCUT2D eigenvalue weighted by atomic mass is 19.4. The van der Waals surface area contributed by atoms with Crippen molar-refractivity contribution in [3.8, 4) is 5.75 Å². The Morgan fingerprint density at radius 2 is 1.53 bits per heavy atom. The largest absolute Gasteiger partial charge is 0.497 e. The maximum absolute atomic E-state index is 12.6. The molecule has 2 amide bonds. The van der Waals surface area contributed by atoms with E-state index in [9.17, 15) is 22.8 Å². The van der Waals surface area contributed by atoms with Crippen LogP contribution in [-0.4, -0.2) is 38.1 Å². The van der Waals surface area contributed by atoms with E-state index >= 15 is 0 Å². The predicted molar refractivity (Wildman–Crippen MR) is 108 cm³/mol. The Kier molecular flexibility index (Phi) is 7.82. The standard InChI is InChI=1S/C21H24F3N3O3/c1-4-27(13-19(28)25-16-9-11-18(30-3)12-10-16)14(2)20(29)26-17-7-5-15(6-8-17)21(22,23)24/h5-12,14H,4,13H2,1-3H3,(H,25,28)(H,26,29)/p+1/t14-/m0/s1. The molecule has 30 heavy (non-hydrogen) atoms. The molecule has 2 aromatic carbocycles. The maximum Gasteiger partial charge on any atom is 0.416 e. The predicted octanol–water partition coefficient (Wildman–Crippen LogP) is 2.58. The van der Waals surface area contributed by atoms with Crippen LogP contribution in [0.4, 0.5) is 24.5 Å². The van der Waals surface area contributed by atoms with Crippen molar-refractivity contribution in [2.45, 2.75) is 26.1 Å². The molecule has 0 saturated heterocycles. The number of nitrogens with one attached hydrogen (secondary N) is 3. The summed E-state index contributed by atoms with van der Waals surface area (Å²) in [7, 11) is 1.55. The zero-order valence-electron chi connectivity index (χ0n) is 17.0. The van der Waals surface area contributed by atoms with Crippen molar-refractivity contribution in [1.29, 1.82) is 0 Å². The van der Waals surface area contributed by atoms with Crippen molar-refractivity contribution >= 4 is 23.2 Å². The van der Waals surface area contributed by atoms with Crippen LogP contribution in [0.1, 0.15) is 19.4 Å². The number of alkyl halides is 3. The molecular formula is C21H25F3N3O3+. The lowest BCUT2D eigenvalue weighted by Gasteiger charge is -2.23. The lowest BCUT2D eigenvalue weighted by molar-refractivity contribution is -0.904. The van der Waals surface area contributed by atoms with Gasteiger partial charge in [-0.05, 0) is 62.4 Å². The highest BCUT2D eigenvalue weighted by Gasteiger charge is 2.30. The number of anilines is 2. The number of quaternary nitrogens is 1. The van der Waals surface area contributed by atoms with Gasteiger partial charge in [0.1, 0.15) is 5.75 Å². The van der Waals surface area contributed by atoms with E-state index in [4.69, 9.17) is 4.74 Å². The fraction of sp³-hybridized carbons (Fsp3) is 0.333. The molecule has 162 valence electrons. The fourth-order valence-electron chi connectivity index (χ4n) is 2.85. The Morgan fingerprint density at radius 1 is 1.00 bits per heavy atom. The van der Waals surface area contributed by atoms with Crippen LogP contribution < -0.4 is 20.3 Å². The summed E-state index contributed by atoms with van der Waals surface area (Å²) in [5, 5.41) is 5.37. The molecule has 3 N–H and O–H groups in total. The van der Waals surface area contributed by atoms with E-state index in [2.05, 4.69) is 10.6 Å². The second-order valence-corrected chi connectivity index (χ2v) is 6.75. The number of rotatable bonds is 8. The molecule has 0 aliphatic rings. The van der Waals surface area contributed by atoms with Crippen molar-refractivity contribution < 1.29 is 32.4 Å². The van der Waals surface area contributed by atoms with E-state index in [1.807, 2.05) is 6.92 Å². The van der Waals surface area contributed by atoms with Crippen molar-refractivity contribution in [3.63, 3.8) is 0 Å². The first-order chi connectivity index (χ1) is 14.1. The summed E-state index contributed by atoms with van der Waals surface area (Å²) in [4.78, 5) is 25.6. The quantitative estimate of drug-likeness (QED) is 0.610. The van der Waals surface area contributed by atoms with Gasteiger partial charge in [0, 0.05) is 11.4 Å². The molecule has 9 heteroatoms. The van der Waals surface area contributed by atoms with E-state index in [1.165, 1.54) is 12.1 Å². The first-order valence-corrected chi connectivity index (χ1v) is 9.40. The molecular weight excluding hydrogens is 399 g/mol. The second-order valence-electron chi connectivity index (χ2n) is 6.75. The zero-order valence-corrected chi connectivity index (χ0v) is 17.0. The van der Waals surface area contributed by atoms with Crippen LogP contribution in [0.5, 0.6) is 5.75 Å². The number of ether oxygens (including phenoxy) is 1. The Bertz CT molecular complexity index is 853. The number of carbonyl (C=O) groups excluding carboxylic acids is 2. The van der Waals surface area contributed by atoms with E-state index < -0.39 is 17.8 Å². The summed E-state index contributed by atoms with van der Waals surface area (Å²) in [6.07, 6.45) is -4.43. The number of halogens is 3. The van der Waals surface area contributed by atoms with E-state index in [-0.39, 0.29) is 24.0 Å². The fourth-order valence-corrected chi connectivity index (χ4v) is 2.85. The smallest absolute Gasteiger partial charge is 0.416 e. The van der Waals surface area contributed by atoms with Gasteiger partial charge in [0.15, 0.2) is 12.6 Å². The number of benzene rings is 2. The van der Waals surface area contributed by atoms with Crippen molar-refractivity contribution in [2.75, 3.05) is 30.8 Å². The Labute approximate surface area is 173 Å². The van der Waals surface area contributed by atoms with Gasteiger partial charge in [-0.2, -0.15) is 13.2 Å². The lowest BCUT2D eigenvalue weighted by atomic mass is 10.2. The van der Waals surface area contributed by atoms with E-state index in [0.717, 1.165) is 12.1 Å². The molecule has 2 aromatic rings. The van der Waals surface area contributed by atoms with Gasteiger partial charge in [-0.1, -0.05) is 0 Å². The van der Waals surface area contributed by atoms with E-state index in [0.29, 0.717) is 22.9 Å². The average Bonchev–Trinajstić information content (AvgIpc) is 2.71. The average molecular weight is 424 g/mol. The minimum Gasteiger partial charge on any atom is -0.497 e. The number of carbonyl (C=O) groups is 2. The molecule has 0 aromatic heterocycles. The third-order valence-electron chi connectivity index (χ3n) is 4.70. The Hall–Kier alpha value is -3.07. The SMILES string of the molecule is CC[NH+](CC(=O)Nc1ccc(OC)cc1)[C@@H](C)C(=O)Nc1ccc(C(F)(F)F)cc1. The number of hydrogen-bond donors (Lipinski definition) is 3. The van der Waals surface area contributed by atoms with Gasteiger partial charge in [-0.15, -0.1) is 0 Å². The van der Waals surface area contributed by atoms with Crippen LogP contribution in [0.25, 0.3) is 0 Å². The van der Waals surface area contributed by atoms with Gasteiger partial charge in [0.05, 0.1) is 19.2 Å². The first kappa shape index (κ1) is 23.2. The van der Waals surface area contributed by atoms with Crippen molar-refractivity contribution in [1.82, 2.24) is 0 Å². The molecule has 0 bridgehead atoms. The molecule has 0 saturated carbocycles. The number of methoxy groups -OCH3 is 1. The van der Waals surface area contributed by atoms with Crippen LogP contribution >= 0.6 is 0 Å². The summed E-state index contributed by atoms with van der Waals surface area (Å²) < 4.78 is 43.0. The lowest BCUT2D eigenvalue weighted by Crippen LogP contribution is -3.17. The maximum atomic E-state index is 12.6. The van der Waals surface area contributed by atoms with E-state index in [1.54, 1.807) is 38.3 Å². The van der Waals surface area contributed by atoms with Gasteiger partial charge < -0.3 is 20.3 Å². The molecule has 2 rings (SSSR count). The molecule has 0 aliphatic carbocycles. The second kappa shape index (κ2) is 10.1. The van der Waals surface area contributed by atoms with Crippen LogP contribution in [0.2, 0.25) is 0 Å². The first-order valence-electron chi connectivity index (χ1n) is 9.40. The molecule has 0 spiro atoms. The number of amides is 2. The molecule has 0 heterocycles. The van der Waals surface area contributed by atoms with Gasteiger partial charge in [-0.3, -0.25) is 9.59 Å². The van der Waals surface area contributed by atoms with Crippen LogP contribution in [-0.2, 0) is 15.8 Å². The third-order valence-corrected chi connectivity index (χ3v) is 4.70. The zero-order chi connectivity index (χ0) is 22.3. The highest BCUT2D eigenvalue weighted by Crippen LogP contribution is 2.29. The molecule has 0 radical (unpaired) electrons. The molecule has 6 nitrogen and oxygen atoms in total. The summed E-state index contributed by atoms with van der Waals surface area (Å²) in [6.45, 7) is 4.08. The number of likely N-dealkylation sites (N-methyl/N-ethyl adjacent to an activating group) is 1. The molecule has 0 aliphatic heterocycles. The van der Waals surface area contributed by atoms with Gasteiger partial charge >= 0.3 is 6.18 Å². The normalized spacial score (nSPS) is 13.3. The van der Waals surface area contributed by atoms with Crippen molar-refractivity contribution in [3.05, 3.63) is 54.1 Å². The van der Waals surface area contributed by atoms with Gasteiger partial charge in [-0.25, -0.2) is 0 Å². The summed E-state index contributed by atoms with van der Waals surface area (Å²) >= 11 is 0. The van der Waals surface area contributed by atoms with Crippen LogP contribution in [0.15, 0.2) is 48.5 Å². The van der Waals surface area contributed by atoms with Crippen LogP contribution in [0, 0.1) is 0 Å². The van der Waals surface area contributed by atoms with Crippen molar-refractivity contribution in [2.24, 2.45) is 0 Å². The summed E-state index contributed by atoms with van der Waals surface area (Å²) in [5.74, 6) is 0.0254. The van der Waals surface area contributed by atoms with Crippen LogP contribution in [0.3, 0.4) is 0 Å². The minimum absolute atomic E-state index is 0.0597. The van der Waals surface area contributed by atoms with Gasteiger partial charge in [0.25, 0.3) is 11.8 Å². The molecule has 0 fully saturated rings. The molecule has 2 atom stereocenters. The Morgan fingerprint density at radius 3 is 2.03 bits per heavy atom. The summed E-state index contributed by atoms with van der Waals surface area (Å²) in [6, 6.07) is 10.5. The minimum atomic E-state index is -4.43. The Balaban J connectivity index is 1.94. The number of hydrogen-bond acceptors (Lipinski definition) is 3. The van der Waals surface area contributed by atoms with Gasteiger partial charge in [0.2, 0.25) is 0 Å².